The lowest BCUT2D eigenvalue weighted by molar-refractivity contribution is -0.140. The Bertz CT molecular complexity index is 1470. The molecule has 0 fully saturated rings. The summed E-state index contributed by atoms with van der Waals surface area (Å²) in [6.07, 6.45) is 1.13. The van der Waals surface area contributed by atoms with Gasteiger partial charge in [-0.2, -0.15) is 0 Å². The zero-order chi connectivity index (χ0) is 28.9. The van der Waals surface area contributed by atoms with E-state index in [4.69, 9.17) is 9.47 Å². The average molecular weight is 570 g/mol. The number of nitrogens with zero attached hydrogens (tertiary/aromatic N) is 2. The lowest BCUT2D eigenvalue weighted by Gasteiger charge is -2.34. The summed E-state index contributed by atoms with van der Waals surface area (Å²) in [5.74, 6) is -0.847. The molecule has 40 heavy (non-hydrogen) atoms. The van der Waals surface area contributed by atoms with Gasteiger partial charge < -0.3 is 19.7 Å². The Kier molecular flexibility index (Phi) is 8.93. The maximum atomic E-state index is 14.8. The Morgan fingerprint density at radius 3 is 2.33 bits per heavy atom. The minimum atomic E-state index is -3.95. The van der Waals surface area contributed by atoms with Crippen LogP contribution in [0.4, 0.5) is 10.1 Å². The molecular formula is C29H32FN3O6S. The number of ether oxygens (including phenoxy) is 2. The number of nitrogens with one attached hydrogen (secondary N) is 1. The van der Waals surface area contributed by atoms with Crippen LogP contribution >= 0.6 is 0 Å². The first-order valence-electron chi connectivity index (χ1n) is 12.8. The van der Waals surface area contributed by atoms with Gasteiger partial charge in [-0.25, -0.2) is 12.8 Å². The third-order valence-electron chi connectivity index (χ3n) is 6.32. The van der Waals surface area contributed by atoms with Gasteiger partial charge in [-0.15, -0.1) is 0 Å². The standard InChI is InChI=1S/C29H32FN3O6S/c1-20(2)31-29(35)25(15-21-9-5-4-6-10-21)32(17-22-11-7-8-12-24(22)30)28(34)18-33(40(3,36)37)23-13-14-26-27(16-23)39-19-38-26/h4-14,16,20,25H,15,17-19H2,1-3H3,(H,31,35). The zero-order valence-corrected chi connectivity index (χ0v) is 23.4. The molecule has 0 radical (unpaired) electrons. The molecule has 1 aliphatic heterocycles. The van der Waals surface area contributed by atoms with Gasteiger partial charge in [0, 0.05) is 30.6 Å². The Morgan fingerprint density at radius 1 is 0.975 bits per heavy atom. The number of fused-ring (bicyclic) bond motifs is 1. The first kappa shape index (κ1) is 28.9. The van der Waals surface area contributed by atoms with E-state index in [2.05, 4.69) is 5.32 Å². The number of sulfonamides is 1. The number of hydrogen-bond donors (Lipinski definition) is 1. The normalized spacial score (nSPS) is 13.1. The molecular weight excluding hydrogens is 537 g/mol. The van der Waals surface area contributed by atoms with Crippen molar-refractivity contribution in [1.29, 1.82) is 0 Å². The molecule has 0 spiro atoms. The van der Waals surface area contributed by atoms with Gasteiger partial charge in [0.05, 0.1) is 11.9 Å². The van der Waals surface area contributed by atoms with Crippen LogP contribution in [-0.4, -0.2) is 56.8 Å². The Labute approximate surface area is 233 Å². The minimum absolute atomic E-state index is 0.000855. The Hall–Kier alpha value is -4.12. The molecule has 0 aromatic heterocycles. The van der Waals surface area contributed by atoms with Crippen LogP contribution in [0.3, 0.4) is 0 Å². The van der Waals surface area contributed by atoms with Crippen LogP contribution in [0.5, 0.6) is 11.5 Å². The number of benzene rings is 3. The summed E-state index contributed by atoms with van der Waals surface area (Å²) < 4.78 is 52.2. The zero-order valence-electron chi connectivity index (χ0n) is 22.5. The molecule has 1 atom stereocenters. The summed E-state index contributed by atoms with van der Waals surface area (Å²) in [6, 6.07) is 18.4. The summed E-state index contributed by atoms with van der Waals surface area (Å²) in [6.45, 7) is 2.73. The second kappa shape index (κ2) is 12.4. The Morgan fingerprint density at radius 2 is 1.65 bits per heavy atom. The highest BCUT2D eigenvalue weighted by Crippen LogP contribution is 2.36. The summed E-state index contributed by atoms with van der Waals surface area (Å²) >= 11 is 0. The van der Waals surface area contributed by atoms with Crippen LogP contribution in [0.15, 0.2) is 72.8 Å². The quantitative estimate of drug-likeness (QED) is 0.379. The van der Waals surface area contributed by atoms with Crippen LogP contribution in [0.1, 0.15) is 25.0 Å². The van der Waals surface area contributed by atoms with Gasteiger partial charge in [0.1, 0.15) is 18.4 Å². The van der Waals surface area contributed by atoms with Crippen molar-refractivity contribution < 1.29 is 31.9 Å². The van der Waals surface area contributed by atoms with Gasteiger partial charge in [-0.1, -0.05) is 48.5 Å². The monoisotopic (exact) mass is 569 g/mol. The molecule has 3 aromatic rings. The molecule has 3 aromatic carbocycles. The van der Waals surface area contributed by atoms with Crippen LogP contribution in [0.25, 0.3) is 0 Å². The lowest BCUT2D eigenvalue weighted by Crippen LogP contribution is -2.54. The fourth-order valence-corrected chi connectivity index (χ4v) is 5.24. The van der Waals surface area contributed by atoms with Crippen molar-refractivity contribution in [3.63, 3.8) is 0 Å². The molecule has 0 saturated heterocycles. The van der Waals surface area contributed by atoms with Crippen molar-refractivity contribution in [1.82, 2.24) is 10.2 Å². The number of amides is 2. The van der Waals surface area contributed by atoms with Crippen molar-refractivity contribution >= 4 is 27.5 Å². The molecule has 1 unspecified atom stereocenters. The smallest absolute Gasteiger partial charge is 0.244 e. The Balaban J connectivity index is 1.74. The predicted molar refractivity (Wildman–Crippen MR) is 149 cm³/mol. The second-order valence-electron chi connectivity index (χ2n) is 9.79. The molecule has 4 rings (SSSR count). The maximum Gasteiger partial charge on any atom is 0.244 e. The summed E-state index contributed by atoms with van der Waals surface area (Å²) in [4.78, 5) is 28.7. The van der Waals surface area contributed by atoms with Gasteiger partial charge >= 0.3 is 0 Å². The van der Waals surface area contributed by atoms with E-state index in [-0.39, 0.29) is 37.1 Å². The van der Waals surface area contributed by atoms with Gasteiger partial charge in [-0.05, 0) is 37.6 Å². The number of rotatable bonds is 11. The van der Waals surface area contributed by atoms with Crippen LogP contribution in [0.2, 0.25) is 0 Å². The highest BCUT2D eigenvalue weighted by molar-refractivity contribution is 7.92. The van der Waals surface area contributed by atoms with Gasteiger partial charge in [0.25, 0.3) is 0 Å². The topological polar surface area (TPSA) is 105 Å². The first-order chi connectivity index (χ1) is 19.0. The van der Waals surface area contributed by atoms with E-state index in [0.717, 1.165) is 16.1 Å². The largest absolute Gasteiger partial charge is 0.454 e. The van der Waals surface area contributed by atoms with E-state index in [1.165, 1.54) is 35.2 Å². The highest BCUT2D eigenvalue weighted by atomic mass is 32.2. The summed E-state index contributed by atoms with van der Waals surface area (Å²) in [7, 11) is -3.95. The molecule has 1 aliphatic rings. The van der Waals surface area contributed by atoms with E-state index in [0.29, 0.717) is 11.5 Å². The molecule has 9 nitrogen and oxygen atoms in total. The van der Waals surface area contributed by atoms with Crippen molar-refractivity contribution in [3.05, 3.63) is 89.7 Å². The van der Waals surface area contributed by atoms with Crippen LogP contribution in [-0.2, 0) is 32.6 Å². The lowest BCUT2D eigenvalue weighted by atomic mass is 10.0. The molecule has 2 amide bonds. The predicted octanol–water partition coefficient (Wildman–Crippen LogP) is 3.49. The first-order valence-corrected chi connectivity index (χ1v) is 14.6. The molecule has 11 heteroatoms. The molecule has 0 saturated carbocycles. The third kappa shape index (κ3) is 7.09. The van der Waals surface area contributed by atoms with Crippen LogP contribution in [0, 0.1) is 5.82 Å². The molecule has 1 heterocycles. The van der Waals surface area contributed by atoms with E-state index >= 15 is 0 Å². The van der Waals surface area contributed by atoms with Crippen molar-refractivity contribution in [2.75, 3.05) is 23.9 Å². The van der Waals surface area contributed by atoms with Gasteiger partial charge in [-0.3, -0.25) is 13.9 Å². The summed E-state index contributed by atoms with van der Waals surface area (Å²) in [5, 5.41) is 2.85. The SMILES string of the molecule is CC(C)NC(=O)C(Cc1ccccc1)N(Cc1ccccc1F)C(=O)CN(c1ccc2c(c1)OCO2)S(C)(=O)=O. The molecule has 0 aliphatic carbocycles. The average Bonchev–Trinajstić information content (AvgIpc) is 3.37. The minimum Gasteiger partial charge on any atom is -0.454 e. The number of carbonyl (C=O) groups is 2. The number of halogens is 1. The van der Waals surface area contributed by atoms with Crippen molar-refractivity contribution in [3.8, 4) is 11.5 Å². The van der Waals surface area contributed by atoms with Gasteiger partial charge in [0.15, 0.2) is 11.5 Å². The van der Waals surface area contributed by atoms with Crippen molar-refractivity contribution in [2.45, 2.75) is 38.9 Å². The fourth-order valence-electron chi connectivity index (χ4n) is 4.40. The van der Waals surface area contributed by atoms with Gasteiger partial charge in [0.2, 0.25) is 28.6 Å². The van der Waals surface area contributed by atoms with E-state index in [9.17, 15) is 22.4 Å². The van der Waals surface area contributed by atoms with Crippen LogP contribution < -0.4 is 19.1 Å². The third-order valence-corrected chi connectivity index (χ3v) is 7.46. The van der Waals surface area contributed by atoms with E-state index in [1.54, 1.807) is 26.0 Å². The number of anilines is 1. The summed E-state index contributed by atoms with van der Waals surface area (Å²) in [5.41, 5.74) is 1.17. The highest BCUT2D eigenvalue weighted by Gasteiger charge is 2.34. The fraction of sp³-hybridized carbons (Fsp3) is 0.310. The van der Waals surface area contributed by atoms with E-state index < -0.39 is 40.2 Å². The number of carbonyl (C=O) groups excluding carboxylic acids is 2. The molecule has 212 valence electrons. The van der Waals surface area contributed by atoms with E-state index in [1.807, 2.05) is 30.3 Å². The molecule has 1 N–H and O–H groups in total. The maximum absolute atomic E-state index is 14.8. The number of hydrogen-bond acceptors (Lipinski definition) is 6. The molecule has 0 bridgehead atoms. The second-order valence-corrected chi connectivity index (χ2v) is 11.7. The van der Waals surface area contributed by atoms with Crippen molar-refractivity contribution in [2.24, 2.45) is 0 Å².